The van der Waals surface area contributed by atoms with E-state index in [1.165, 1.54) is 36.1 Å². The number of hydrogen-bond acceptors (Lipinski definition) is 9. The summed E-state index contributed by atoms with van der Waals surface area (Å²) in [4.78, 5) is 48.6. The lowest BCUT2D eigenvalue weighted by Gasteiger charge is -2.22. The molecular weight excluding hydrogens is 464 g/mol. The number of carbonyl (C=O) groups is 3. The molecule has 1 aliphatic rings. The lowest BCUT2D eigenvalue weighted by Crippen LogP contribution is -2.41. The molecule has 0 aromatic heterocycles. The molecule has 1 saturated heterocycles. The zero-order valence-electron chi connectivity index (χ0n) is 18.7. The maximum atomic E-state index is 12.8. The summed E-state index contributed by atoms with van der Waals surface area (Å²) in [6.45, 7) is 1.49. The van der Waals surface area contributed by atoms with Crippen LogP contribution in [0.2, 0.25) is 0 Å². The number of methoxy groups -OCH3 is 1. The first-order valence-corrected chi connectivity index (χ1v) is 11.3. The van der Waals surface area contributed by atoms with Crippen LogP contribution < -0.4 is 4.74 Å². The highest BCUT2D eigenvalue weighted by Crippen LogP contribution is 2.30. The number of carbonyl (C=O) groups excluding carboxylic acids is 3. The van der Waals surface area contributed by atoms with Crippen molar-refractivity contribution < 1.29 is 33.5 Å². The average Bonchev–Trinajstić information content (AvgIpc) is 3.24. The predicted molar refractivity (Wildman–Crippen MR) is 123 cm³/mol. The molecule has 0 unspecified atom stereocenters. The van der Waals surface area contributed by atoms with Crippen molar-refractivity contribution >= 4 is 34.6 Å². The molecule has 1 aliphatic heterocycles. The van der Waals surface area contributed by atoms with Crippen LogP contribution in [-0.4, -0.2) is 51.9 Å². The van der Waals surface area contributed by atoms with Crippen molar-refractivity contribution in [1.29, 1.82) is 0 Å². The number of benzene rings is 2. The van der Waals surface area contributed by atoms with Crippen LogP contribution in [0.4, 0.5) is 10.5 Å². The van der Waals surface area contributed by atoms with Crippen molar-refractivity contribution in [3.8, 4) is 5.75 Å². The van der Waals surface area contributed by atoms with E-state index in [0.717, 1.165) is 17.3 Å². The fourth-order valence-corrected chi connectivity index (χ4v) is 4.44. The van der Waals surface area contributed by atoms with Gasteiger partial charge in [0.15, 0.2) is 5.12 Å². The van der Waals surface area contributed by atoms with Gasteiger partial charge in [0.2, 0.25) is 0 Å². The van der Waals surface area contributed by atoms with Gasteiger partial charge in [0.25, 0.3) is 5.69 Å². The number of non-ortho nitro benzene ring substituents is 1. The molecular formula is C23H24N2O8S. The molecule has 2 aromatic rings. The summed E-state index contributed by atoms with van der Waals surface area (Å²) in [7, 11) is 1.56. The van der Waals surface area contributed by atoms with Gasteiger partial charge in [-0.05, 0) is 41.8 Å². The van der Waals surface area contributed by atoms with E-state index < -0.39 is 23.0 Å². The minimum absolute atomic E-state index is 0.0233. The second-order valence-corrected chi connectivity index (χ2v) is 9.05. The number of likely N-dealkylation sites (tertiary alicyclic amines) is 1. The van der Waals surface area contributed by atoms with Crippen molar-refractivity contribution in [3.63, 3.8) is 0 Å². The van der Waals surface area contributed by atoms with Gasteiger partial charge < -0.3 is 14.2 Å². The van der Waals surface area contributed by atoms with Gasteiger partial charge in [0, 0.05) is 30.9 Å². The zero-order valence-corrected chi connectivity index (χ0v) is 19.5. The first-order valence-electron chi connectivity index (χ1n) is 10.4. The first kappa shape index (κ1) is 25.0. The van der Waals surface area contributed by atoms with Gasteiger partial charge >= 0.3 is 12.1 Å². The second kappa shape index (κ2) is 11.5. The van der Waals surface area contributed by atoms with E-state index in [1.54, 1.807) is 31.4 Å². The third kappa shape index (κ3) is 6.70. The Balaban J connectivity index is 1.62. The van der Waals surface area contributed by atoms with Crippen LogP contribution in [0, 0.1) is 10.1 Å². The smallest absolute Gasteiger partial charge is 0.410 e. The van der Waals surface area contributed by atoms with Crippen LogP contribution in [0.1, 0.15) is 24.5 Å². The molecule has 0 radical (unpaired) electrons. The Bertz CT molecular complexity index is 1040. The van der Waals surface area contributed by atoms with E-state index in [2.05, 4.69) is 0 Å². The Morgan fingerprint density at radius 3 is 2.18 bits per heavy atom. The quantitative estimate of drug-likeness (QED) is 0.310. The molecule has 1 fully saturated rings. The molecule has 0 aliphatic carbocycles. The molecule has 1 heterocycles. The van der Waals surface area contributed by atoms with Gasteiger partial charge in [0.1, 0.15) is 25.0 Å². The van der Waals surface area contributed by atoms with Gasteiger partial charge in [0.05, 0.1) is 12.0 Å². The summed E-state index contributed by atoms with van der Waals surface area (Å²) in [5.74, 6) is 0.0895. The van der Waals surface area contributed by atoms with Crippen molar-refractivity contribution in [2.45, 2.75) is 37.9 Å². The molecule has 0 spiro atoms. The molecule has 1 amide bonds. The molecule has 11 heteroatoms. The molecule has 180 valence electrons. The van der Waals surface area contributed by atoms with Crippen LogP contribution in [0.5, 0.6) is 5.75 Å². The van der Waals surface area contributed by atoms with Crippen molar-refractivity contribution in [1.82, 2.24) is 4.90 Å². The molecule has 2 aromatic carbocycles. The normalized spacial score (nSPS) is 17.2. The van der Waals surface area contributed by atoms with Crippen molar-refractivity contribution in [2.75, 3.05) is 13.7 Å². The molecule has 10 nitrogen and oxygen atoms in total. The molecule has 0 bridgehead atoms. The molecule has 34 heavy (non-hydrogen) atoms. The third-order valence-electron chi connectivity index (χ3n) is 5.15. The van der Waals surface area contributed by atoms with Gasteiger partial charge in [-0.15, -0.1) is 0 Å². The van der Waals surface area contributed by atoms with Gasteiger partial charge in [-0.2, -0.15) is 0 Å². The van der Waals surface area contributed by atoms with Crippen LogP contribution in [0.3, 0.4) is 0 Å². The number of nitrogens with zero attached hydrogens (tertiary/aromatic N) is 2. The van der Waals surface area contributed by atoms with Crippen LogP contribution in [0.15, 0.2) is 48.5 Å². The van der Waals surface area contributed by atoms with E-state index in [9.17, 15) is 24.5 Å². The number of amides is 1. The monoisotopic (exact) mass is 488 g/mol. The van der Waals surface area contributed by atoms with Gasteiger partial charge in [-0.1, -0.05) is 23.9 Å². The summed E-state index contributed by atoms with van der Waals surface area (Å²) in [5, 5.41) is 10.4. The molecule has 3 rings (SSSR count). The van der Waals surface area contributed by atoms with Crippen molar-refractivity contribution in [3.05, 3.63) is 69.8 Å². The fourth-order valence-electron chi connectivity index (χ4n) is 3.46. The van der Waals surface area contributed by atoms with Crippen molar-refractivity contribution in [2.24, 2.45) is 0 Å². The highest BCUT2D eigenvalue weighted by atomic mass is 32.2. The lowest BCUT2D eigenvalue weighted by atomic mass is 10.2. The largest absolute Gasteiger partial charge is 0.497 e. The van der Waals surface area contributed by atoms with E-state index in [-0.39, 0.29) is 42.2 Å². The van der Waals surface area contributed by atoms with E-state index in [0.29, 0.717) is 11.3 Å². The zero-order chi connectivity index (χ0) is 24.7. The molecule has 2 atom stereocenters. The summed E-state index contributed by atoms with van der Waals surface area (Å²) < 4.78 is 15.9. The van der Waals surface area contributed by atoms with Crippen LogP contribution in [0.25, 0.3) is 0 Å². The second-order valence-electron chi connectivity index (χ2n) is 7.57. The lowest BCUT2D eigenvalue weighted by molar-refractivity contribution is -0.384. The number of nitro benzene ring substituents is 1. The first-order chi connectivity index (χ1) is 16.3. The number of thioether (sulfide) groups is 1. The summed E-state index contributed by atoms with van der Waals surface area (Å²) >= 11 is 1.07. The molecule has 0 N–H and O–H groups in total. The SMILES string of the molecule is COc1ccc(COC(=O)[C@@H]2C[C@H](SC(C)=O)CN2C(=O)OCc2ccc([N+](=O)[O-])cc2)cc1. The summed E-state index contributed by atoms with van der Waals surface area (Å²) in [6.07, 6.45) is -0.463. The number of nitro groups is 1. The Hall–Kier alpha value is -3.60. The highest BCUT2D eigenvalue weighted by Gasteiger charge is 2.42. The fraction of sp³-hybridized carbons (Fsp3) is 0.348. The van der Waals surface area contributed by atoms with Crippen LogP contribution >= 0.6 is 11.8 Å². The summed E-state index contributed by atoms with van der Waals surface area (Å²) in [5.41, 5.74) is 1.25. The molecule has 0 saturated carbocycles. The number of esters is 1. The maximum absolute atomic E-state index is 12.8. The number of hydrogen-bond donors (Lipinski definition) is 0. The van der Waals surface area contributed by atoms with E-state index in [4.69, 9.17) is 14.2 Å². The highest BCUT2D eigenvalue weighted by molar-refractivity contribution is 8.14. The Morgan fingerprint density at radius 2 is 1.62 bits per heavy atom. The number of rotatable bonds is 8. The Kier molecular flexibility index (Phi) is 8.47. The number of ether oxygens (including phenoxy) is 3. The van der Waals surface area contributed by atoms with Gasteiger partial charge in [-0.3, -0.25) is 19.8 Å². The predicted octanol–water partition coefficient (Wildman–Crippen LogP) is 3.71. The maximum Gasteiger partial charge on any atom is 0.410 e. The Labute approximate surface area is 200 Å². The minimum Gasteiger partial charge on any atom is -0.497 e. The van der Waals surface area contributed by atoms with E-state index >= 15 is 0 Å². The summed E-state index contributed by atoms with van der Waals surface area (Å²) in [6, 6.07) is 11.8. The third-order valence-corrected chi connectivity index (χ3v) is 6.16. The average molecular weight is 489 g/mol. The standard InChI is InChI=1S/C23H24N2O8S/c1-15(26)34-20-11-21(22(27)32-13-17-5-9-19(31-2)10-6-17)24(12-20)23(28)33-14-16-3-7-18(8-4-16)25(29)30/h3-10,20-21H,11-14H2,1-2H3/t20-,21-/m0/s1. The topological polar surface area (TPSA) is 125 Å². The van der Waals surface area contributed by atoms with Crippen LogP contribution in [-0.2, 0) is 32.3 Å². The Morgan fingerprint density at radius 1 is 1.03 bits per heavy atom. The van der Waals surface area contributed by atoms with E-state index in [1.807, 2.05) is 0 Å². The minimum atomic E-state index is -0.889. The van der Waals surface area contributed by atoms with Gasteiger partial charge in [-0.25, -0.2) is 9.59 Å².